The summed E-state index contributed by atoms with van der Waals surface area (Å²) in [6.07, 6.45) is 0.917. The molecule has 4 aromatic rings. The minimum Gasteiger partial charge on any atom is -0.399 e. The van der Waals surface area contributed by atoms with Crippen molar-refractivity contribution in [3.05, 3.63) is 108 Å². The summed E-state index contributed by atoms with van der Waals surface area (Å²) < 4.78 is 0. The Morgan fingerprint density at radius 2 is 0.750 bits per heavy atom. The number of nitrogens with two attached hydrogens (primary N) is 6. The van der Waals surface area contributed by atoms with Crippen LogP contribution in [0.2, 0.25) is 0 Å². The van der Waals surface area contributed by atoms with Crippen molar-refractivity contribution in [2.45, 2.75) is 13.3 Å². The summed E-state index contributed by atoms with van der Waals surface area (Å²) in [6, 6.07) is 28.4. The van der Waals surface area contributed by atoms with Crippen LogP contribution in [-0.4, -0.2) is 0 Å². The molecule has 0 saturated heterocycles. The van der Waals surface area contributed by atoms with Crippen LogP contribution in [0.3, 0.4) is 0 Å². The maximum absolute atomic E-state index is 5.62. The predicted molar refractivity (Wildman–Crippen MR) is 140 cm³/mol. The van der Waals surface area contributed by atoms with Gasteiger partial charge in [-0.2, -0.15) is 0 Å². The van der Waals surface area contributed by atoms with E-state index in [-0.39, 0.29) is 0 Å². The van der Waals surface area contributed by atoms with E-state index in [1.165, 1.54) is 11.1 Å². The molecule has 0 aliphatic heterocycles. The molecule has 0 radical (unpaired) electrons. The van der Waals surface area contributed by atoms with Crippen LogP contribution in [0.1, 0.15) is 16.7 Å². The molecule has 32 heavy (non-hydrogen) atoms. The van der Waals surface area contributed by atoms with Crippen LogP contribution in [0.15, 0.2) is 91.0 Å². The molecule has 0 amide bonds. The molecule has 0 spiro atoms. The normalized spacial score (nSPS) is 9.66. The average molecular weight is 429 g/mol. The van der Waals surface area contributed by atoms with Crippen molar-refractivity contribution >= 4 is 34.1 Å². The number of aryl methyl sites for hydroxylation is 1. The maximum Gasteiger partial charge on any atom is 0.0345 e. The van der Waals surface area contributed by atoms with Gasteiger partial charge in [-0.15, -0.1) is 0 Å². The third-order valence-corrected chi connectivity index (χ3v) is 4.60. The van der Waals surface area contributed by atoms with E-state index < -0.39 is 0 Å². The summed E-state index contributed by atoms with van der Waals surface area (Å²) in [5, 5.41) is 0. The van der Waals surface area contributed by atoms with Crippen molar-refractivity contribution in [1.29, 1.82) is 0 Å². The highest BCUT2D eigenvalue weighted by Gasteiger charge is 1.96. The molecular formula is C26H32N6. The first-order chi connectivity index (χ1) is 15.2. The molecule has 0 aliphatic rings. The van der Waals surface area contributed by atoms with Gasteiger partial charge in [0.2, 0.25) is 0 Å². The highest BCUT2D eigenvalue weighted by Crippen LogP contribution is 2.14. The zero-order chi connectivity index (χ0) is 23.5. The fourth-order valence-corrected chi connectivity index (χ4v) is 2.70. The van der Waals surface area contributed by atoms with Crippen LogP contribution < -0.4 is 34.4 Å². The lowest BCUT2D eigenvalue weighted by Gasteiger charge is -2.02. The summed E-state index contributed by atoms with van der Waals surface area (Å²) in [5.74, 6) is 0. The quantitative estimate of drug-likeness (QED) is 0.259. The van der Waals surface area contributed by atoms with Crippen LogP contribution in [0.4, 0.5) is 34.1 Å². The van der Waals surface area contributed by atoms with E-state index in [1.807, 2.05) is 67.6 Å². The minimum absolute atomic E-state index is 0.749. The third kappa shape index (κ3) is 8.59. The highest BCUT2D eigenvalue weighted by atomic mass is 14.6. The second kappa shape index (κ2) is 11.8. The van der Waals surface area contributed by atoms with Crippen molar-refractivity contribution in [2.24, 2.45) is 0 Å². The van der Waals surface area contributed by atoms with Crippen molar-refractivity contribution in [2.75, 3.05) is 34.4 Å². The summed E-state index contributed by atoms with van der Waals surface area (Å²) in [5.41, 5.74) is 41.2. The maximum atomic E-state index is 5.62. The summed E-state index contributed by atoms with van der Waals surface area (Å²) in [4.78, 5) is 0. The molecule has 12 N–H and O–H groups in total. The van der Waals surface area contributed by atoms with Gasteiger partial charge in [0, 0.05) is 34.1 Å². The molecule has 4 rings (SSSR count). The second-order valence-electron chi connectivity index (χ2n) is 7.44. The Labute approximate surface area is 189 Å². The van der Waals surface area contributed by atoms with Crippen LogP contribution in [0.25, 0.3) is 0 Å². The average Bonchev–Trinajstić information content (AvgIpc) is 2.77. The van der Waals surface area contributed by atoms with Crippen LogP contribution in [0, 0.1) is 6.92 Å². The Morgan fingerprint density at radius 1 is 0.438 bits per heavy atom. The molecule has 0 atom stereocenters. The van der Waals surface area contributed by atoms with Gasteiger partial charge in [0.25, 0.3) is 0 Å². The molecule has 0 fully saturated rings. The Hall–Kier alpha value is -4.32. The number of anilines is 6. The van der Waals surface area contributed by atoms with Gasteiger partial charge in [0.05, 0.1) is 0 Å². The fourth-order valence-electron chi connectivity index (χ4n) is 2.70. The lowest BCUT2D eigenvalue weighted by molar-refractivity contribution is 1.19. The fraction of sp³-hybridized carbons (Fsp3) is 0.0769. The van der Waals surface area contributed by atoms with Crippen molar-refractivity contribution in [3.63, 3.8) is 0 Å². The number of rotatable bonds is 2. The Bertz CT molecular complexity index is 1020. The molecular weight excluding hydrogens is 396 g/mol. The van der Waals surface area contributed by atoms with Gasteiger partial charge in [-0.05, 0) is 96.8 Å². The summed E-state index contributed by atoms with van der Waals surface area (Å²) in [6.45, 7) is 1.94. The lowest BCUT2D eigenvalue weighted by Crippen LogP contribution is -1.91. The first kappa shape index (κ1) is 24.0. The zero-order valence-corrected chi connectivity index (χ0v) is 18.3. The van der Waals surface area contributed by atoms with E-state index in [1.54, 1.807) is 30.3 Å². The van der Waals surface area contributed by atoms with E-state index in [9.17, 15) is 0 Å². The van der Waals surface area contributed by atoms with Gasteiger partial charge in [0.15, 0.2) is 0 Å². The molecule has 0 aliphatic carbocycles. The highest BCUT2D eigenvalue weighted by molar-refractivity contribution is 5.54. The predicted octanol–water partition coefficient (Wildman–Crippen LogP) is 4.45. The second-order valence-corrected chi connectivity index (χ2v) is 7.44. The van der Waals surface area contributed by atoms with Gasteiger partial charge >= 0.3 is 0 Å². The van der Waals surface area contributed by atoms with Crippen LogP contribution in [0.5, 0.6) is 0 Å². The van der Waals surface area contributed by atoms with E-state index in [0.717, 1.165) is 46.1 Å². The van der Waals surface area contributed by atoms with Gasteiger partial charge in [0.1, 0.15) is 0 Å². The third-order valence-electron chi connectivity index (χ3n) is 4.60. The first-order valence-corrected chi connectivity index (χ1v) is 10.1. The SMILES string of the molecule is Cc1cc(N)ccc1N.Nc1ccc(Cc2ccc(N)cc2)cc1.Nc1ccc(N)cc1. The van der Waals surface area contributed by atoms with E-state index in [2.05, 4.69) is 0 Å². The molecule has 4 aromatic carbocycles. The molecule has 0 saturated carbocycles. The molecule has 0 bridgehead atoms. The monoisotopic (exact) mass is 428 g/mol. The van der Waals surface area contributed by atoms with Gasteiger partial charge < -0.3 is 34.4 Å². The smallest absolute Gasteiger partial charge is 0.0345 e. The molecule has 0 aromatic heterocycles. The van der Waals surface area contributed by atoms with E-state index in [0.29, 0.717) is 0 Å². The van der Waals surface area contributed by atoms with E-state index in [4.69, 9.17) is 34.4 Å². The molecule has 166 valence electrons. The molecule has 6 nitrogen and oxygen atoms in total. The van der Waals surface area contributed by atoms with Crippen molar-refractivity contribution in [1.82, 2.24) is 0 Å². The van der Waals surface area contributed by atoms with Crippen LogP contribution in [-0.2, 0) is 6.42 Å². The Kier molecular flexibility index (Phi) is 8.80. The van der Waals surface area contributed by atoms with Gasteiger partial charge in [-0.25, -0.2) is 0 Å². The summed E-state index contributed by atoms with van der Waals surface area (Å²) >= 11 is 0. The number of benzene rings is 4. The molecule has 6 heteroatoms. The van der Waals surface area contributed by atoms with Crippen molar-refractivity contribution < 1.29 is 0 Å². The number of hydrogen-bond acceptors (Lipinski definition) is 6. The minimum atomic E-state index is 0.749. The standard InChI is InChI=1S/C13H14N2.C7H10N2.C6H8N2/c14-12-5-1-10(2-6-12)9-11-3-7-13(15)8-4-11;1-5-4-6(8)2-3-7(5)9;7-5-1-2-6(8)4-3-5/h1-8H,9,14-15H2;2-4H,8-9H2,1H3;1-4H,7-8H2. The number of hydrogen-bond donors (Lipinski definition) is 6. The lowest BCUT2D eigenvalue weighted by atomic mass is 10.0. The Balaban J connectivity index is 0.000000183. The summed E-state index contributed by atoms with van der Waals surface area (Å²) in [7, 11) is 0. The molecule has 0 unspecified atom stereocenters. The van der Waals surface area contributed by atoms with E-state index >= 15 is 0 Å². The van der Waals surface area contributed by atoms with Crippen molar-refractivity contribution in [3.8, 4) is 0 Å². The largest absolute Gasteiger partial charge is 0.399 e. The number of nitrogen functional groups attached to an aromatic ring is 6. The van der Waals surface area contributed by atoms with Gasteiger partial charge in [-0.3, -0.25) is 0 Å². The zero-order valence-electron chi connectivity index (χ0n) is 18.3. The first-order valence-electron chi connectivity index (χ1n) is 10.1. The van der Waals surface area contributed by atoms with Crippen LogP contribution >= 0.6 is 0 Å². The molecule has 0 heterocycles. The topological polar surface area (TPSA) is 156 Å². The van der Waals surface area contributed by atoms with Gasteiger partial charge in [-0.1, -0.05) is 24.3 Å². The Morgan fingerprint density at radius 3 is 1.06 bits per heavy atom.